The van der Waals surface area contributed by atoms with E-state index < -0.39 is 19.0 Å². The van der Waals surface area contributed by atoms with Gasteiger partial charge in [0.25, 0.3) is 7.37 Å². The van der Waals surface area contributed by atoms with Gasteiger partial charge in [-0.05, 0) is 60.9 Å². The molecule has 6 heteroatoms. The van der Waals surface area contributed by atoms with Crippen molar-refractivity contribution in [2.75, 3.05) is 19.0 Å². The lowest BCUT2D eigenvalue weighted by Crippen LogP contribution is -2.35. The number of halogens is 1. The maximum absolute atomic E-state index is 14.6. The molecule has 1 N–H and O–H groups in total. The molecule has 3 rings (SSSR count). The number of rotatable bonds is 7. The van der Waals surface area contributed by atoms with Gasteiger partial charge in [-0.2, -0.15) is 0 Å². The summed E-state index contributed by atoms with van der Waals surface area (Å²) < 4.78 is 35.4. The molecule has 4 nitrogen and oxygen atoms in total. The van der Waals surface area contributed by atoms with E-state index in [1.165, 1.54) is 12.1 Å². The maximum Gasteiger partial charge on any atom is 0.264 e. The summed E-state index contributed by atoms with van der Waals surface area (Å²) in [5, 5.41) is 11.6. The van der Waals surface area contributed by atoms with E-state index in [0.717, 1.165) is 24.9 Å². The molecule has 2 aromatic carbocycles. The van der Waals surface area contributed by atoms with E-state index in [-0.39, 0.29) is 17.6 Å². The highest BCUT2D eigenvalue weighted by Crippen LogP contribution is 2.60. The second-order valence-electron chi connectivity index (χ2n) is 9.37. The van der Waals surface area contributed by atoms with E-state index >= 15 is 0 Å². The molecule has 1 fully saturated rings. The van der Waals surface area contributed by atoms with Gasteiger partial charge >= 0.3 is 0 Å². The van der Waals surface area contributed by atoms with Crippen LogP contribution in [0, 0.1) is 23.6 Å². The highest BCUT2D eigenvalue weighted by molar-refractivity contribution is 7.67. The van der Waals surface area contributed by atoms with Crippen LogP contribution in [0.1, 0.15) is 51.4 Å². The molecule has 0 bridgehead atoms. The van der Waals surface area contributed by atoms with Gasteiger partial charge < -0.3 is 14.5 Å². The van der Waals surface area contributed by atoms with Crippen molar-refractivity contribution in [1.29, 1.82) is 0 Å². The molecule has 0 aliphatic heterocycles. The van der Waals surface area contributed by atoms with Crippen LogP contribution >= 0.6 is 7.37 Å². The van der Waals surface area contributed by atoms with Crippen LogP contribution in [-0.2, 0) is 9.09 Å². The fourth-order valence-corrected chi connectivity index (χ4v) is 6.83. The Bertz CT molecular complexity index is 915. The predicted molar refractivity (Wildman–Crippen MR) is 126 cm³/mol. The Hall–Kier alpha value is -1.68. The monoisotopic (exact) mass is 447 g/mol. The molecule has 0 unspecified atom stereocenters. The van der Waals surface area contributed by atoms with Gasteiger partial charge in [0.2, 0.25) is 0 Å². The van der Waals surface area contributed by atoms with Gasteiger partial charge in [-0.25, -0.2) is 4.39 Å². The lowest BCUT2D eigenvalue weighted by Gasteiger charge is -2.40. The van der Waals surface area contributed by atoms with Crippen LogP contribution in [-0.4, -0.2) is 25.3 Å². The average Bonchev–Trinajstić information content (AvgIpc) is 2.73. The van der Waals surface area contributed by atoms with E-state index in [1.807, 2.05) is 31.1 Å². The molecule has 1 saturated carbocycles. The first-order valence-corrected chi connectivity index (χ1v) is 12.8. The molecular weight excluding hydrogens is 412 g/mol. The fourth-order valence-electron chi connectivity index (χ4n) is 4.52. The Morgan fingerprint density at radius 1 is 1.10 bits per heavy atom. The van der Waals surface area contributed by atoms with Crippen molar-refractivity contribution < 1.29 is 18.6 Å². The Labute approximate surface area is 185 Å². The van der Waals surface area contributed by atoms with Crippen molar-refractivity contribution in [2.45, 2.75) is 52.0 Å². The van der Waals surface area contributed by atoms with E-state index in [0.29, 0.717) is 17.1 Å². The molecule has 5 atom stereocenters. The first-order valence-electron chi connectivity index (χ1n) is 11.1. The Morgan fingerprint density at radius 3 is 2.32 bits per heavy atom. The van der Waals surface area contributed by atoms with Crippen LogP contribution < -0.4 is 10.2 Å². The van der Waals surface area contributed by atoms with Crippen molar-refractivity contribution in [3.05, 3.63) is 59.9 Å². The van der Waals surface area contributed by atoms with Crippen molar-refractivity contribution in [3.8, 4) is 0 Å². The minimum Gasteiger partial charge on any atom is -0.378 e. The van der Waals surface area contributed by atoms with Crippen LogP contribution in [0.2, 0.25) is 0 Å². The minimum absolute atomic E-state index is 0.00692. The van der Waals surface area contributed by atoms with Gasteiger partial charge in [0, 0.05) is 30.7 Å². The molecule has 0 amide bonds. The number of anilines is 1. The molecule has 0 heterocycles. The van der Waals surface area contributed by atoms with Crippen molar-refractivity contribution >= 4 is 18.4 Å². The molecule has 0 aromatic heterocycles. The largest absolute Gasteiger partial charge is 0.378 e. The zero-order valence-corrected chi connectivity index (χ0v) is 20.1. The molecule has 0 saturated heterocycles. The van der Waals surface area contributed by atoms with E-state index in [9.17, 15) is 14.1 Å². The molecule has 1 aliphatic carbocycles. The van der Waals surface area contributed by atoms with Crippen LogP contribution in [0.3, 0.4) is 0 Å². The van der Waals surface area contributed by atoms with Gasteiger partial charge in [0.15, 0.2) is 5.85 Å². The normalized spacial score (nSPS) is 24.6. The zero-order chi connectivity index (χ0) is 22.8. The third-order valence-corrected chi connectivity index (χ3v) is 9.01. The molecule has 31 heavy (non-hydrogen) atoms. The predicted octanol–water partition coefficient (Wildman–Crippen LogP) is 5.96. The quantitative estimate of drug-likeness (QED) is 0.532. The van der Waals surface area contributed by atoms with E-state index in [1.54, 1.807) is 24.3 Å². The topological polar surface area (TPSA) is 49.8 Å². The summed E-state index contributed by atoms with van der Waals surface area (Å²) in [7, 11) is 0.0164. The second-order valence-corrected chi connectivity index (χ2v) is 11.8. The van der Waals surface area contributed by atoms with Crippen molar-refractivity contribution in [3.63, 3.8) is 0 Å². The van der Waals surface area contributed by atoms with Crippen LogP contribution in [0.25, 0.3) is 0 Å². The highest BCUT2D eigenvalue weighted by Gasteiger charge is 2.43. The standard InChI is InChI=1S/C25H35FNO3P/c1-17(2)21-15-10-18(3)16-24(21)30-31(29,20-13-11-19(12-14-20)27(4)5)25(28)22-8-6-7-9-23(22)26/h6-9,11-14,17-18,21,24-25,28H,10,15-16H2,1-5H3/t18-,21-,24+,25-,31+/m0/s1. The third kappa shape index (κ3) is 5.22. The Morgan fingerprint density at radius 2 is 1.74 bits per heavy atom. The first-order chi connectivity index (χ1) is 14.6. The number of hydrogen-bond donors (Lipinski definition) is 1. The van der Waals surface area contributed by atoms with Crippen molar-refractivity contribution in [2.24, 2.45) is 17.8 Å². The van der Waals surface area contributed by atoms with Gasteiger partial charge in [-0.3, -0.25) is 4.57 Å². The van der Waals surface area contributed by atoms with Crippen LogP contribution in [0.4, 0.5) is 10.1 Å². The molecular formula is C25H35FNO3P. The Balaban J connectivity index is 2.05. The molecule has 2 aromatic rings. The second kappa shape index (κ2) is 9.85. The van der Waals surface area contributed by atoms with Crippen LogP contribution in [0.15, 0.2) is 48.5 Å². The maximum atomic E-state index is 14.6. The minimum atomic E-state index is -3.84. The third-order valence-electron chi connectivity index (χ3n) is 6.48. The first kappa shape index (κ1) is 24.0. The zero-order valence-electron chi connectivity index (χ0n) is 19.2. The van der Waals surface area contributed by atoms with Gasteiger partial charge in [0.1, 0.15) is 5.82 Å². The molecule has 1 aliphatic rings. The summed E-state index contributed by atoms with van der Waals surface area (Å²) >= 11 is 0. The van der Waals surface area contributed by atoms with E-state index in [4.69, 9.17) is 4.52 Å². The molecule has 0 spiro atoms. The molecule has 170 valence electrons. The lowest BCUT2D eigenvalue weighted by molar-refractivity contribution is 0.0425. The summed E-state index contributed by atoms with van der Waals surface area (Å²) in [6.07, 6.45) is 2.65. The number of hydrogen-bond acceptors (Lipinski definition) is 4. The van der Waals surface area contributed by atoms with Gasteiger partial charge in [-0.15, -0.1) is 0 Å². The number of nitrogens with zero attached hydrogens (tertiary/aromatic N) is 1. The van der Waals surface area contributed by atoms with Gasteiger partial charge in [-0.1, -0.05) is 45.4 Å². The lowest BCUT2D eigenvalue weighted by atomic mass is 9.75. The van der Waals surface area contributed by atoms with E-state index in [2.05, 4.69) is 20.8 Å². The summed E-state index contributed by atoms with van der Waals surface area (Å²) in [6.45, 7) is 6.49. The summed E-state index contributed by atoms with van der Waals surface area (Å²) in [5.41, 5.74) is 0.953. The number of aliphatic hydroxyl groups is 1. The summed E-state index contributed by atoms with van der Waals surface area (Å²) in [4.78, 5) is 1.94. The average molecular weight is 448 g/mol. The van der Waals surface area contributed by atoms with Crippen molar-refractivity contribution in [1.82, 2.24) is 0 Å². The van der Waals surface area contributed by atoms with Gasteiger partial charge in [0.05, 0.1) is 6.10 Å². The molecule has 0 radical (unpaired) electrons. The number of benzene rings is 2. The summed E-state index contributed by atoms with van der Waals surface area (Å²) in [6, 6.07) is 13.1. The summed E-state index contributed by atoms with van der Waals surface area (Å²) in [5.74, 6) is -1.08. The Kier molecular flexibility index (Phi) is 7.62. The van der Waals surface area contributed by atoms with Crippen LogP contribution in [0.5, 0.6) is 0 Å². The fraction of sp³-hybridized carbons (Fsp3) is 0.520. The highest BCUT2D eigenvalue weighted by atomic mass is 31.2. The smallest absolute Gasteiger partial charge is 0.264 e. The SMILES string of the molecule is CC(C)[C@@H]1CC[C@H](C)C[C@H]1O[P@](=O)(c1ccc(N(C)C)cc1)[C@H](O)c1ccccc1F. The number of aliphatic hydroxyl groups excluding tert-OH is 1.